The van der Waals surface area contributed by atoms with Crippen LogP contribution in [0.15, 0.2) is 59.4 Å². The molecule has 0 saturated carbocycles. The Labute approximate surface area is 183 Å². The van der Waals surface area contributed by atoms with Gasteiger partial charge in [0.2, 0.25) is 10.0 Å². The van der Waals surface area contributed by atoms with Gasteiger partial charge in [0.15, 0.2) is 0 Å². The Morgan fingerprint density at radius 3 is 2.39 bits per heavy atom. The fraction of sp³-hybridized carbons (Fsp3) is 0.320. The second-order valence-electron chi connectivity index (χ2n) is 7.94. The zero-order chi connectivity index (χ0) is 22.0. The van der Waals surface area contributed by atoms with Gasteiger partial charge < -0.3 is 0 Å². The highest BCUT2D eigenvalue weighted by atomic mass is 32.2. The molecule has 0 aliphatic carbocycles. The topological polar surface area (TPSA) is 59.4 Å². The number of rotatable bonds is 3. The standard InChI is InChI=1S/C25H26N2O3S/c1-3-22-18-21-9-7-8-20(13-12-19-14-16-26(17-15-19)31(2,29)30)24(21)25(28)27(22)23-10-5-4-6-11-23/h4-11,18-19H,3,14-17H2,1-2H3. The largest absolute Gasteiger partial charge is 0.281 e. The van der Waals surface area contributed by atoms with Crippen LogP contribution in [0.5, 0.6) is 0 Å². The summed E-state index contributed by atoms with van der Waals surface area (Å²) in [5.41, 5.74) is 2.47. The first kappa shape index (κ1) is 21.4. The van der Waals surface area contributed by atoms with Gasteiger partial charge in [-0.2, -0.15) is 0 Å². The van der Waals surface area contributed by atoms with Crippen LogP contribution in [0.4, 0.5) is 0 Å². The molecular weight excluding hydrogens is 408 g/mol. The number of aryl methyl sites for hydroxylation is 1. The van der Waals surface area contributed by atoms with Crippen molar-refractivity contribution in [2.75, 3.05) is 19.3 Å². The van der Waals surface area contributed by atoms with Crippen LogP contribution in [0.1, 0.15) is 31.0 Å². The van der Waals surface area contributed by atoms with E-state index >= 15 is 0 Å². The molecule has 3 aromatic rings. The monoisotopic (exact) mass is 434 g/mol. The predicted molar refractivity (Wildman–Crippen MR) is 125 cm³/mol. The Kier molecular flexibility index (Phi) is 5.99. The summed E-state index contributed by atoms with van der Waals surface area (Å²) < 4.78 is 26.7. The van der Waals surface area contributed by atoms with Crippen molar-refractivity contribution in [1.82, 2.24) is 8.87 Å². The Morgan fingerprint density at radius 1 is 1.03 bits per heavy atom. The lowest BCUT2D eigenvalue weighted by atomic mass is 9.97. The fourth-order valence-corrected chi connectivity index (χ4v) is 5.03. The lowest BCUT2D eigenvalue weighted by Crippen LogP contribution is -2.37. The van der Waals surface area contributed by atoms with Crippen molar-refractivity contribution in [3.63, 3.8) is 0 Å². The minimum atomic E-state index is -3.15. The molecule has 2 aromatic carbocycles. The van der Waals surface area contributed by atoms with Crippen LogP contribution in [-0.4, -0.2) is 36.6 Å². The molecule has 1 saturated heterocycles. The lowest BCUT2D eigenvalue weighted by Gasteiger charge is -2.27. The normalized spacial score (nSPS) is 15.5. The summed E-state index contributed by atoms with van der Waals surface area (Å²) in [5, 5.41) is 1.53. The Hall–Kier alpha value is -2.88. The number of benzene rings is 2. The molecule has 0 atom stereocenters. The molecule has 5 nitrogen and oxygen atoms in total. The van der Waals surface area contributed by atoms with Crippen LogP contribution in [0.2, 0.25) is 0 Å². The molecule has 1 aliphatic rings. The number of sulfonamides is 1. The van der Waals surface area contributed by atoms with E-state index in [1.54, 1.807) is 4.57 Å². The summed E-state index contributed by atoms with van der Waals surface area (Å²) >= 11 is 0. The van der Waals surface area contributed by atoms with Gasteiger partial charge in [0.1, 0.15) is 0 Å². The number of aromatic nitrogens is 1. The summed E-state index contributed by atoms with van der Waals surface area (Å²) in [6, 6.07) is 17.5. The van der Waals surface area contributed by atoms with Crippen LogP contribution in [-0.2, 0) is 16.4 Å². The number of piperidine rings is 1. The maximum absolute atomic E-state index is 13.6. The van der Waals surface area contributed by atoms with Gasteiger partial charge in [0, 0.05) is 36.0 Å². The highest BCUT2D eigenvalue weighted by Gasteiger charge is 2.23. The molecule has 4 rings (SSSR count). The van der Waals surface area contributed by atoms with E-state index in [-0.39, 0.29) is 11.5 Å². The molecule has 0 unspecified atom stereocenters. The van der Waals surface area contributed by atoms with Crippen molar-refractivity contribution < 1.29 is 8.42 Å². The van der Waals surface area contributed by atoms with Gasteiger partial charge >= 0.3 is 0 Å². The van der Waals surface area contributed by atoms with E-state index in [2.05, 4.69) is 17.9 Å². The predicted octanol–water partition coefficient (Wildman–Crippen LogP) is 3.58. The summed E-state index contributed by atoms with van der Waals surface area (Å²) in [6.07, 6.45) is 3.41. The first-order valence-electron chi connectivity index (χ1n) is 10.6. The van der Waals surface area contributed by atoms with Gasteiger partial charge in [0.05, 0.1) is 11.6 Å². The summed E-state index contributed by atoms with van der Waals surface area (Å²) in [6.45, 7) is 3.04. The van der Waals surface area contributed by atoms with E-state index in [1.165, 1.54) is 10.6 Å². The average molecular weight is 435 g/mol. The van der Waals surface area contributed by atoms with Gasteiger partial charge in [-0.15, -0.1) is 0 Å². The Morgan fingerprint density at radius 2 is 1.74 bits per heavy atom. The number of hydrogen-bond acceptors (Lipinski definition) is 3. The third-order valence-electron chi connectivity index (χ3n) is 5.83. The van der Waals surface area contributed by atoms with Crippen LogP contribution < -0.4 is 5.56 Å². The first-order valence-corrected chi connectivity index (χ1v) is 12.4. The number of pyridine rings is 1. The second-order valence-corrected chi connectivity index (χ2v) is 9.92. The van der Waals surface area contributed by atoms with Gasteiger partial charge in [-0.05, 0) is 48.9 Å². The molecule has 0 amide bonds. The highest BCUT2D eigenvalue weighted by Crippen LogP contribution is 2.21. The smallest absolute Gasteiger partial charge is 0.264 e. The third-order valence-corrected chi connectivity index (χ3v) is 7.14. The number of para-hydroxylation sites is 1. The zero-order valence-corrected chi connectivity index (χ0v) is 18.7. The van der Waals surface area contributed by atoms with Crippen molar-refractivity contribution in [3.8, 4) is 17.5 Å². The third kappa shape index (κ3) is 4.43. The molecule has 1 aromatic heterocycles. The van der Waals surface area contributed by atoms with Crippen LogP contribution >= 0.6 is 0 Å². The molecular formula is C25H26N2O3S. The Balaban J connectivity index is 1.74. The lowest BCUT2D eigenvalue weighted by molar-refractivity contribution is 0.313. The molecule has 1 fully saturated rings. The van der Waals surface area contributed by atoms with Gasteiger partial charge in [0.25, 0.3) is 5.56 Å². The number of fused-ring (bicyclic) bond motifs is 1. The molecule has 0 spiro atoms. The van der Waals surface area contributed by atoms with Crippen molar-refractivity contribution in [2.24, 2.45) is 5.92 Å². The quantitative estimate of drug-likeness (QED) is 0.592. The van der Waals surface area contributed by atoms with E-state index in [0.717, 1.165) is 28.8 Å². The van der Waals surface area contributed by atoms with Crippen LogP contribution in [0, 0.1) is 17.8 Å². The summed E-state index contributed by atoms with van der Waals surface area (Å²) in [5.74, 6) is 6.66. The van der Waals surface area contributed by atoms with Crippen LogP contribution in [0.3, 0.4) is 0 Å². The second kappa shape index (κ2) is 8.70. The highest BCUT2D eigenvalue weighted by molar-refractivity contribution is 7.88. The summed E-state index contributed by atoms with van der Waals surface area (Å²) in [7, 11) is -3.15. The van der Waals surface area contributed by atoms with Crippen molar-refractivity contribution in [1.29, 1.82) is 0 Å². The maximum Gasteiger partial charge on any atom is 0.264 e. The van der Waals surface area contributed by atoms with E-state index < -0.39 is 10.0 Å². The first-order chi connectivity index (χ1) is 14.9. The van der Waals surface area contributed by atoms with Crippen molar-refractivity contribution >= 4 is 20.8 Å². The summed E-state index contributed by atoms with van der Waals surface area (Å²) in [4.78, 5) is 13.6. The van der Waals surface area contributed by atoms with Gasteiger partial charge in [-0.3, -0.25) is 9.36 Å². The fourth-order valence-electron chi connectivity index (χ4n) is 4.15. The van der Waals surface area contributed by atoms with Gasteiger partial charge in [-0.1, -0.05) is 49.1 Å². The molecule has 2 heterocycles. The maximum atomic E-state index is 13.6. The van der Waals surface area contributed by atoms with Crippen molar-refractivity contribution in [3.05, 3.63) is 76.2 Å². The van der Waals surface area contributed by atoms with Gasteiger partial charge in [-0.25, -0.2) is 12.7 Å². The zero-order valence-electron chi connectivity index (χ0n) is 17.8. The molecule has 0 radical (unpaired) electrons. The van der Waals surface area contributed by atoms with Crippen molar-refractivity contribution in [2.45, 2.75) is 26.2 Å². The minimum absolute atomic E-state index is 0.0580. The molecule has 0 N–H and O–H groups in total. The van der Waals surface area contributed by atoms with E-state index in [9.17, 15) is 13.2 Å². The minimum Gasteiger partial charge on any atom is -0.281 e. The molecule has 160 valence electrons. The molecule has 6 heteroatoms. The SMILES string of the molecule is CCc1cc2cccc(C#CC3CCN(S(C)(=O)=O)CC3)c2c(=O)n1-c1ccccc1. The number of nitrogens with zero attached hydrogens (tertiary/aromatic N) is 2. The number of hydrogen-bond donors (Lipinski definition) is 0. The molecule has 0 bridgehead atoms. The van der Waals surface area contributed by atoms with E-state index in [0.29, 0.717) is 31.3 Å². The average Bonchev–Trinajstić information content (AvgIpc) is 2.77. The van der Waals surface area contributed by atoms with E-state index in [4.69, 9.17) is 0 Å². The molecule has 1 aliphatic heterocycles. The molecule has 31 heavy (non-hydrogen) atoms. The van der Waals surface area contributed by atoms with Crippen LogP contribution in [0.25, 0.3) is 16.5 Å². The van der Waals surface area contributed by atoms with E-state index in [1.807, 2.05) is 55.5 Å². The Bertz CT molecular complexity index is 1320.